The lowest BCUT2D eigenvalue weighted by Crippen LogP contribution is -2.41. The Labute approximate surface area is 72.6 Å². The van der Waals surface area contributed by atoms with E-state index in [1.54, 1.807) is 0 Å². The minimum absolute atomic E-state index is 0.0957. The van der Waals surface area contributed by atoms with Gasteiger partial charge in [0.05, 0.1) is 12.1 Å². The van der Waals surface area contributed by atoms with E-state index in [0.29, 0.717) is 5.25 Å². The zero-order valence-electron chi connectivity index (χ0n) is 7.08. The minimum Gasteiger partial charge on any atom is -0.286 e. The van der Waals surface area contributed by atoms with Crippen LogP contribution in [-0.4, -0.2) is 35.0 Å². The number of hydrogen-bond donors (Lipinski definition) is 0. The zero-order valence-corrected chi connectivity index (χ0v) is 7.90. The van der Waals surface area contributed by atoms with Gasteiger partial charge in [0.2, 0.25) is 0 Å². The van der Waals surface area contributed by atoms with E-state index in [1.165, 1.54) is 5.75 Å². The van der Waals surface area contributed by atoms with Crippen molar-refractivity contribution in [3.05, 3.63) is 0 Å². The molecule has 11 heavy (non-hydrogen) atoms. The number of hydrogen-bond acceptors (Lipinski definition) is 3. The first-order valence-corrected chi connectivity index (χ1v) is 5.04. The van der Waals surface area contributed by atoms with E-state index in [1.807, 2.05) is 18.7 Å². The van der Waals surface area contributed by atoms with Crippen molar-refractivity contribution in [2.24, 2.45) is 0 Å². The van der Waals surface area contributed by atoms with Gasteiger partial charge in [0.25, 0.3) is 0 Å². The van der Waals surface area contributed by atoms with Gasteiger partial charge in [0.15, 0.2) is 0 Å². The van der Waals surface area contributed by atoms with Crippen molar-refractivity contribution in [2.45, 2.75) is 25.1 Å². The summed E-state index contributed by atoms with van der Waals surface area (Å²) in [5.41, 5.74) is 0. The highest BCUT2D eigenvalue weighted by molar-refractivity contribution is 7.99. The Kier molecular flexibility index (Phi) is 3.22. The average Bonchev–Trinajstić information content (AvgIpc) is 2.03. The third-order valence-electron chi connectivity index (χ3n) is 2.01. The van der Waals surface area contributed by atoms with Crippen LogP contribution in [0.1, 0.15) is 13.8 Å². The van der Waals surface area contributed by atoms with E-state index in [9.17, 15) is 0 Å². The second-order valence-corrected chi connectivity index (χ2v) is 4.53. The highest BCUT2D eigenvalue weighted by Gasteiger charge is 2.20. The maximum atomic E-state index is 8.67. The van der Waals surface area contributed by atoms with E-state index in [2.05, 4.69) is 17.9 Å². The van der Waals surface area contributed by atoms with Gasteiger partial charge in [0, 0.05) is 24.1 Å². The van der Waals surface area contributed by atoms with E-state index >= 15 is 0 Å². The molecule has 0 N–H and O–H groups in total. The summed E-state index contributed by atoms with van der Waals surface area (Å²) in [4.78, 5) is 2.25. The Hall–Kier alpha value is -0.200. The van der Waals surface area contributed by atoms with Crippen molar-refractivity contribution in [3.63, 3.8) is 0 Å². The van der Waals surface area contributed by atoms with Crippen LogP contribution < -0.4 is 0 Å². The molecule has 0 saturated carbocycles. The lowest BCUT2D eigenvalue weighted by molar-refractivity contribution is 0.257. The largest absolute Gasteiger partial charge is 0.286 e. The predicted octanol–water partition coefficient (Wildman–Crippen LogP) is 1.34. The van der Waals surface area contributed by atoms with Crippen LogP contribution in [0.5, 0.6) is 0 Å². The fourth-order valence-electron chi connectivity index (χ4n) is 1.28. The van der Waals surface area contributed by atoms with Crippen LogP contribution in [0, 0.1) is 11.3 Å². The Morgan fingerprint density at radius 1 is 1.73 bits per heavy atom. The molecule has 1 rings (SSSR count). The molecular formula is C8H14N2S. The summed E-state index contributed by atoms with van der Waals surface area (Å²) in [7, 11) is 0. The van der Waals surface area contributed by atoms with Crippen LogP contribution in [0.25, 0.3) is 0 Å². The molecule has 2 unspecified atom stereocenters. The fraction of sp³-hybridized carbons (Fsp3) is 0.875. The fourth-order valence-corrected chi connectivity index (χ4v) is 2.32. The summed E-state index contributed by atoms with van der Waals surface area (Å²) in [6.07, 6.45) is 0. The van der Waals surface area contributed by atoms with E-state index < -0.39 is 0 Å². The summed E-state index contributed by atoms with van der Waals surface area (Å²) in [6.45, 7) is 6.34. The summed E-state index contributed by atoms with van der Waals surface area (Å²) in [5, 5.41) is 9.37. The predicted molar refractivity (Wildman–Crippen MR) is 48.6 cm³/mol. The quantitative estimate of drug-likeness (QED) is 0.594. The molecule has 1 aliphatic heterocycles. The summed E-state index contributed by atoms with van der Waals surface area (Å²) < 4.78 is 0. The molecule has 0 spiro atoms. The Bertz CT molecular complexity index is 164. The zero-order chi connectivity index (χ0) is 8.27. The molecule has 0 aromatic heterocycles. The van der Waals surface area contributed by atoms with Crippen molar-refractivity contribution in [1.82, 2.24) is 4.90 Å². The molecule has 62 valence electrons. The van der Waals surface area contributed by atoms with E-state index in [0.717, 1.165) is 13.1 Å². The van der Waals surface area contributed by atoms with Crippen molar-refractivity contribution >= 4 is 11.8 Å². The molecule has 3 heteroatoms. The summed E-state index contributed by atoms with van der Waals surface area (Å²) in [5.74, 6) is 1.17. The van der Waals surface area contributed by atoms with Crippen LogP contribution in [0.4, 0.5) is 0 Å². The van der Waals surface area contributed by atoms with Crippen molar-refractivity contribution in [3.8, 4) is 6.07 Å². The molecule has 2 atom stereocenters. The Balaban J connectivity index is 2.40. The molecule has 1 aliphatic rings. The molecule has 1 saturated heterocycles. The smallest absolute Gasteiger partial charge is 0.0950 e. The molecule has 0 bridgehead atoms. The Morgan fingerprint density at radius 2 is 2.45 bits per heavy atom. The Morgan fingerprint density at radius 3 is 3.00 bits per heavy atom. The van der Waals surface area contributed by atoms with Gasteiger partial charge in [-0.3, -0.25) is 4.90 Å². The molecule has 0 aliphatic carbocycles. The van der Waals surface area contributed by atoms with Gasteiger partial charge in [-0.25, -0.2) is 0 Å². The minimum atomic E-state index is 0.0957. The number of nitriles is 1. The summed E-state index contributed by atoms with van der Waals surface area (Å²) in [6, 6.07) is 2.37. The molecule has 0 aromatic rings. The lowest BCUT2D eigenvalue weighted by Gasteiger charge is -2.31. The highest BCUT2D eigenvalue weighted by atomic mass is 32.2. The molecule has 2 nitrogen and oxygen atoms in total. The van der Waals surface area contributed by atoms with Gasteiger partial charge >= 0.3 is 0 Å². The van der Waals surface area contributed by atoms with Crippen LogP contribution in [0.3, 0.4) is 0 Å². The standard InChI is InChI=1S/C8H14N2S/c1-7(5-9)10-3-4-11-8(2)6-10/h7-8H,3-4,6H2,1-2H3. The third kappa shape index (κ3) is 2.39. The van der Waals surface area contributed by atoms with Crippen LogP contribution in [0.15, 0.2) is 0 Å². The maximum Gasteiger partial charge on any atom is 0.0950 e. The van der Waals surface area contributed by atoms with E-state index in [-0.39, 0.29) is 6.04 Å². The van der Waals surface area contributed by atoms with Crippen molar-refractivity contribution in [2.75, 3.05) is 18.8 Å². The van der Waals surface area contributed by atoms with Crippen LogP contribution >= 0.6 is 11.8 Å². The van der Waals surface area contributed by atoms with Gasteiger partial charge in [-0.1, -0.05) is 6.92 Å². The van der Waals surface area contributed by atoms with Crippen LogP contribution in [-0.2, 0) is 0 Å². The van der Waals surface area contributed by atoms with Gasteiger partial charge < -0.3 is 0 Å². The first-order valence-electron chi connectivity index (χ1n) is 3.99. The van der Waals surface area contributed by atoms with Crippen LogP contribution in [0.2, 0.25) is 0 Å². The SMILES string of the molecule is CC1CN(C(C)C#N)CCS1. The lowest BCUT2D eigenvalue weighted by atomic mass is 10.3. The molecule has 0 radical (unpaired) electrons. The number of rotatable bonds is 1. The maximum absolute atomic E-state index is 8.67. The monoisotopic (exact) mass is 170 g/mol. The second kappa shape index (κ2) is 3.99. The third-order valence-corrected chi connectivity index (χ3v) is 3.14. The van der Waals surface area contributed by atoms with Gasteiger partial charge in [-0.15, -0.1) is 0 Å². The highest BCUT2D eigenvalue weighted by Crippen LogP contribution is 2.18. The topological polar surface area (TPSA) is 27.0 Å². The van der Waals surface area contributed by atoms with E-state index in [4.69, 9.17) is 5.26 Å². The molecule has 0 aromatic carbocycles. The normalized spacial score (nSPS) is 29.4. The molecule has 1 heterocycles. The van der Waals surface area contributed by atoms with Gasteiger partial charge in [-0.05, 0) is 6.92 Å². The van der Waals surface area contributed by atoms with Crippen molar-refractivity contribution in [1.29, 1.82) is 5.26 Å². The molecule has 1 fully saturated rings. The number of thioether (sulfide) groups is 1. The van der Waals surface area contributed by atoms with Gasteiger partial charge in [0.1, 0.15) is 0 Å². The summed E-state index contributed by atoms with van der Waals surface area (Å²) >= 11 is 2.00. The second-order valence-electron chi connectivity index (χ2n) is 2.98. The molecule has 0 amide bonds. The number of nitrogens with zero attached hydrogens (tertiary/aromatic N) is 2. The first kappa shape index (κ1) is 8.89. The molecular weight excluding hydrogens is 156 g/mol. The average molecular weight is 170 g/mol. The van der Waals surface area contributed by atoms with Crippen molar-refractivity contribution < 1.29 is 0 Å². The van der Waals surface area contributed by atoms with Gasteiger partial charge in [-0.2, -0.15) is 17.0 Å². The first-order chi connectivity index (χ1) is 5.24.